The molecule has 0 heterocycles. The van der Waals surface area contributed by atoms with E-state index < -0.39 is 64.0 Å². The summed E-state index contributed by atoms with van der Waals surface area (Å²) in [5.41, 5.74) is -2.24. The van der Waals surface area contributed by atoms with Crippen molar-refractivity contribution < 1.29 is 43.9 Å². The number of carbonyl (C=O) groups is 3. The minimum absolute atomic E-state index is 0. The second-order valence-corrected chi connectivity index (χ2v) is 17.9. The number of rotatable bonds is 8. The molecule has 0 amide bonds. The molecule has 12 atom stereocenters. The first-order valence-corrected chi connectivity index (χ1v) is 19.0. The van der Waals surface area contributed by atoms with Gasteiger partial charge >= 0.3 is 17.9 Å². The second kappa shape index (κ2) is 15.8. The average Bonchev–Trinajstić information content (AvgIpc) is 3.05. The van der Waals surface area contributed by atoms with Crippen LogP contribution in [0.15, 0.2) is 48.1 Å². The Bertz CT molecular complexity index is 1490. The van der Waals surface area contributed by atoms with Crippen molar-refractivity contribution in [3.63, 3.8) is 0 Å². The van der Waals surface area contributed by atoms with Crippen LogP contribution < -0.4 is 0 Å². The number of hydrogen-bond donors (Lipinski definition) is 3. The Balaban J connectivity index is 0.00000378. The number of fused-ring (bicyclic) bond motifs is 7. The van der Waals surface area contributed by atoms with Gasteiger partial charge in [0.25, 0.3) is 0 Å². The van der Waals surface area contributed by atoms with Gasteiger partial charge in [0.2, 0.25) is 0 Å². The highest BCUT2D eigenvalue weighted by Crippen LogP contribution is 2.76. The zero-order valence-electron chi connectivity index (χ0n) is 32.2. The quantitative estimate of drug-likeness (QED) is 0.0989. The first-order chi connectivity index (χ1) is 23.8. The SMILES string of the molecule is C.C.C/C=C/C(=O)OC[C@@]12C(CC(C)(C)[C@@H](O)[C@@H]1O)C1=CCC3[C@@]4(C)CC[C@H](OC(=O)/C=C/C)[C@](C)(COC(=O)/C=C/C)C4CC[C@@]3(C)[C@]1(C)C[C@H]2O. The highest BCUT2D eigenvalue weighted by Gasteiger charge is 2.73. The van der Waals surface area contributed by atoms with E-state index in [1.54, 1.807) is 39.0 Å². The normalized spacial score (nSPS) is 42.9. The number of carbonyl (C=O) groups excluding carboxylic acids is 3. The minimum atomic E-state index is -1.30. The molecule has 53 heavy (non-hydrogen) atoms. The van der Waals surface area contributed by atoms with Crippen LogP contribution in [0.25, 0.3) is 0 Å². The molecule has 9 nitrogen and oxygen atoms in total. The molecule has 5 rings (SSSR count). The summed E-state index contributed by atoms with van der Waals surface area (Å²) >= 11 is 0. The lowest BCUT2D eigenvalue weighted by Gasteiger charge is -2.72. The van der Waals surface area contributed by atoms with Crippen molar-refractivity contribution >= 4 is 17.9 Å². The standard InChI is InChI=1S/C42H62O9.2CH4/c1-10-13-32(44)49-24-39(7)28-18-21-40(8)29(38(28,6)20-19-31(39)51-34(46)15-12-3)17-16-26-27-22-37(4,5)35(47)36(48)42(27,25-50-33(45)14-11-2)30(43)23-41(26,40)9;;/h10-16,27-31,35-36,43,47-48H,17-25H2,1-9H3;2*1H4/b13-10+,14-11+,15-12+;;/t27?,28?,29?,30-,31+,35+,36+,38+,39-,40-,41-,42+;;/m1../s1. The van der Waals surface area contributed by atoms with Crippen molar-refractivity contribution in [1.29, 1.82) is 0 Å². The molecule has 4 fully saturated rings. The van der Waals surface area contributed by atoms with Crippen LogP contribution in [0.5, 0.6) is 0 Å². The fourth-order valence-electron chi connectivity index (χ4n) is 12.2. The molecule has 5 aliphatic carbocycles. The van der Waals surface area contributed by atoms with Crippen LogP contribution in [-0.2, 0) is 28.6 Å². The molecule has 300 valence electrons. The van der Waals surface area contributed by atoms with Gasteiger partial charge < -0.3 is 29.5 Å². The maximum absolute atomic E-state index is 12.8. The van der Waals surface area contributed by atoms with Gasteiger partial charge in [-0.3, -0.25) is 0 Å². The second-order valence-electron chi connectivity index (χ2n) is 17.9. The van der Waals surface area contributed by atoms with Crippen LogP contribution in [0.2, 0.25) is 0 Å². The van der Waals surface area contributed by atoms with E-state index in [-0.39, 0.29) is 56.7 Å². The lowest BCUT2D eigenvalue weighted by Crippen LogP contribution is -2.72. The molecule has 0 aromatic carbocycles. The van der Waals surface area contributed by atoms with Crippen molar-refractivity contribution in [2.45, 2.75) is 147 Å². The number of aliphatic hydroxyl groups is 3. The zero-order valence-corrected chi connectivity index (χ0v) is 32.2. The van der Waals surface area contributed by atoms with Crippen molar-refractivity contribution in [1.82, 2.24) is 0 Å². The summed E-state index contributed by atoms with van der Waals surface area (Å²) in [6.07, 6.45) is 12.4. The zero-order chi connectivity index (χ0) is 37.8. The Morgan fingerprint density at radius 1 is 0.755 bits per heavy atom. The Morgan fingerprint density at radius 3 is 1.91 bits per heavy atom. The van der Waals surface area contributed by atoms with Gasteiger partial charge in [-0.1, -0.05) is 86.3 Å². The van der Waals surface area contributed by atoms with E-state index in [1.165, 1.54) is 23.8 Å². The number of aliphatic hydroxyl groups excluding tert-OH is 3. The van der Waals surface area contributed by atoms with Crippen molar-refractivity contribution in [2.75, 3.05) is 13.2 Å². The maximum Gasteiger partial charge on any atom is 0.330 e. The van der Waals surface area contributed by atoms with Crippen LogP contribution in [0.1, 0.15) is 122 Å². The Kier molecular flexibility index (Phi) is 13.3. The summed E-state index contributed by atoms with van der Waals surface area (Å²) in [6.45, 7) is 18.3. The van der Waals surface area contributed by atoms with E-state index in [9.17, 15) is 29.7 Å². The van der Waals surface area contributed by atoms with Crippen molar-refractivity contribution in [3.05, 3.63) is 48.1 Å². The summed E-state index contributed by atoms with van der Waals surface area (Å²) < 4.78 is 17.7. The molecule has 0 saturated heterocycles. The van der Waals surface area contributed by atoms with Gasteiger partial charge in [0.05, 0.1) is 23.7 Å². The van der Waals surface area contributed by atoms with Gasteiger partial charge in [-0.15, -0.1) is 0 Å². The predicted octanol–water partition coefficient (Wildman–Crippen LogP) is 7.68. The van der Waals surface area contributed by atoms with E-state index in [1.807, 2.05) is 13.8 Å². The molecule has 4 saturated carbocycles. The molecule has 0 bridgehead atoms. The molecular weight excluding hydrogens is 672 g/mol. The first kappa shape index (κ1) is 44.6. The maximum atomic E-state index is 12.8. The van der Waals surface area contributed by atoms with Crippen LogP contribution >= 0.6 is 0 Å². The summed E-state index contributed by atoms with van der Waals surface area (Å²) in [5.74, 6) is -1.38. The van der Waals surface area contributed by atoms with E-state index >= 15 is 0 Å². The Labute approximate surface area is 319 Å². The van der Waals surface area contributed by atoms with E-state index in [0.29, 0.717) is 19.3 Å². The van der Waals surface area contributed by atoms with E-state index in [4.69, 9.17) is 14.2 Å². The molecular formula is C44H70O9. The highest BCUT2D eigenvalue weighted by atomic mass is 16.6. The van der Waals surface area contributed by atoms with Gasteiger partial charge in [-0.25, -0.2) is 14.4 Å². The van der Waals surface area contributed by atoms with E-state index in [2.05, 4.69) is 33.8 Å². The van der Waals surface area contributed by atoms with Crippen LogP contribution in [0, 0.1) is 50.2 Å². The fourth-order valence-corrected chi connectivity index (χ4v) is 12.2. The van der Waals surface area contributed by atoms with Crippen LogP contribution in [0.3, 0.4) is 0 Å². The molecule has 0 aromatic rings. The molecule has 0 spiro atoms. The molecule has 3 unspecified atom stereocenters. The monoisotopic (exact) mass is 743 g/mol. The molecule has 0 aliphatic heterocycles. The Hall–Kier alpha value is -2.75. The summed E-state index contributed by atoms with van der Waals surface area (Å²) in [4.78, 5) is 38.0. The third-order valence-corrected chi connectivity index (χ3v) is 15.0. The third kappa shape index (κ3) is 6.90. The predicted molar refractivity (Wildman–Crippen MR) is 207 cm³/mol. The summed E-state index contributed by atoms with van der Waals surface area (Å²) in [7, 11) is 0. The molecule has 5 aliphatic rings. The van der Waals surface area contributed by atoms with Gasteiger partial charge in [0.1, 0.15) is 19.3 Å². The first-order valence-electron chi connectivity index (χ1n) is 19.0. The topological polar surface area (TPSA) is 140 Å². The largest absolute Gasteiger partial charge is 0.462 e. The summed E-state index contributed by atoms with van der Waals surface area (Å²) in [6, 6.07) is 0. The summed E-state index contributed by atoms with van der Waals surface area (Å²) in [5, 5.41) is 35.7. The average molecular weight is 743 g/mol. The molecule has 0 aromatic heterocycles. The smallest absolute Gasteiger partial charge is 0.330 e. The number of ether oxygens (including phenoxy) is 3. The van der Waals surface area contributed by atoms with Crippen molar-refractivity contribution in [3.8, 4) is 0 Å². The highest BCUT2D eigenvalue weighted by molar-refractivity contribution is 5.82. The lowest BCUT2D eigenvalue weighted by atomic mass is 9.33. The molecule has 9 heteroatoms. The van der Waals surface area contributed by atoms with Gasteiger partial charge in [0, 0.05) is 23.6 Å². The van der Waals surface area contributed by atoms with Gasteiger partial charge in [0.15, 0.2) is 0 Å². The Morgan fingerprint density at radius 2 is 1.32 bits per heavy atom. The van der Waals surface area contributed by atoms with Gasteiger partial charge in [-0.05, 0) is 105 Å². The van der Waals surface area contributed by atoms with E-state index in [0.717, 1.165) is 25.7 Å². The fraction of sp³-hybridized carbons (Fsp3) is 0.750. The van der Waals surface area contributed by atoms with Crippen LogP contribution in [-0.4, -0.2) is 70.9 Å². The molecule has 3 N–H and O–H groups in total. The van der Waals surface area contributed by atoms with Crippen LogP contribution in [0.4, 0.5) is 0 Å². The molecule has 0 radical (unpaired) electrons. The number of allylic oxidation sites excluding steroid dienone is 5. The van der Waals surface area contributed by atoms with Gasteiger partial charge in [-0.2, -0.15) is 0 Å². The van der Waals surface area contributed by atoms with Crippen molar-refractivity contribution in [2.24, 2.45) is 50.2 Å². The lowest BCUT2D eigenvalue weighted by molar-refractivity contribution is -0.261. The number of hydrogen-bond acceptors (Lipinski definition) is 9. The minimum Gasteiger partial charge on any atom is -0.462 e. The number of esters is 3. The third-order valence-electron chi connectivity index (χ3n) is 15.0.